The van der Waals surface area contributed by atoms with Crippen LogP contribution in [-0.2, 0) is 122 Å². The molecule has 4 amide bonds. The summed E-state index contributed by atoms with van der Waals surface area (Å²) in [6, 6.07) is 6.09. The molecule has 0 aliphatic carbocycles. The summed E-state index contributed by atoms with van der Waals surface area (Å²) < 4.78 is 45.5. The second kappa shape index (κ2) is 32.4. The molecular formula is C42H48I6N4O16Y2-2. The van der Waals surface area contributed by atoms with Gasteiger partial charge in [0, 0.05) is 106 Å². The number of halogens is 6. The van der Waals surface area contributed by atoms with Gasteiger partial charge in [0.2, 0.25) is 0 Å². The van der Waals surface area contributed by atoms with E-state index >= 15 is 0 Å². The number of amides is 4. The topological polar surface area (TPSA) is 259 Å². The molecule has 2 aromatic rings. The molecule has 70 heavy (non-hydrogen) atoms. The van der Waals surface area contributed by atoms with E-state index in [0.29, 0.717) is 58.9 Å². The zero-order valence-electron chi connectivity index (χ0n) is 38.9. The summed E-state index contributed by atoms with van der Waals surface area (Å²) in [6.45, 7) is 12.8. The number of hydrogen-bond acceptors (Lipinski definition) is 16. The van der Waals surface area contributed by atoms with Crippen LogP contribution in [0.3, 0.4) is 0 Å². The molecule has 0 saturated carbocycles. The molecule has 2 aliphatic rings. The number of ether oxygens (including phenoxy) is 8. The predicted molar refractivity (Wildman–Crippen MR) is 290 cm³/mol. The first kappa shape index (κ1) is 68.6. The molecule has 2 fully saturated rings. The molecule has 0 spiro atoms. The van der Waals surface area contributed by atoms with Crippen LogP contribution in [0.15, 0.2) is 0 Å². The average molecular weight is 1800 g/mol. The van der Waals surface area contributed by atoms with Crippen molar-refractivity contribution in [1.29, 1.82) is 0 Å². The Bertz CT molecular complexity index is 2120. The molecule has 0 aromatic heterocycles. The summed E-state index contributed by atoms with van der Waals surface area (Å²) in [5.74, 6) is -5.36. The van der Waals surface area contributed by atoms with Gasteiger partial charge in [-0.05, 0) is 49.9 Å². The Morgan fingerprint density at radius 1 is 0.529 bits per heavy atom. The number of carbonyl (C=O) groups is 8. The predicted octanol–water partition coefficient (Wildman–Crippen LogP) is 4.81. The van der Waals surface area contributed by atoms with Crippen LogP contribution in [0.4, 0.5) is 0 Å². The third kappa shape index (κ3) is 23.1. The van der Waals surface area contributed by atoms with Crippen molar-refractivity contribution in [2.75, 3.05) is 52.6 Å². The average Bonchev–Trinajstić information content (AvgIpc) is 3.76. The Hall–Kier alpha value is 0.628. The van der Waals surface area contributed by atoms with Crippen molar-refractivity contribution in [3.8, 4) is 0 Å². The molecule has 382 valence electrons. The van der Waals surface area contributed by atoms with Crippen LogP contribution in [0.1, 0.15) is 96.8 Å². The van der Waals surface area contributed by atoms with E-state index in [0.717, 1.165) is 0 Å². The quantitative estimate of drug-likeness (QED) is 0.0676. The molecule has 2 aliphatic heterocycles. The van der Waals surface area contributed by atoms with Crippen molar-refractivity contribution in [3.63, 3.8) is 0 Å². The van der Waals surface area contributed by atoms with Crippen molar-refractivity contribution in [1.82, 2.24) is 21.3 Å². The van der Waals surface area contributed by atoms with Gasteiger partial charge in [0.1, 0.15) is 25.4 Å². The van der Waals surface area contributed by atoms with Crippen molar-refractivity contribution >= 4 is 183 Å². The van der Waals surface area contributed by atoms with E-state index in [1.165, 1.54) is 27.7 Å². The fourth-order valence-corrected chi connectivity index (χ4v) is 14.2. The van der Waals surface area contributed by atoms with Crippen LogP contribution in [-0.4, -0.2) is 136 Å². The van der Waals surface area contributed by atoms with Crippen LogP contribution in [0.5, 0.6) is 0 Å². The minimum Gasteiger partial charge on any atom is -0.462 e. The fourth-order valence-electron chi connectivity index (χ4n) is 5.94. The Balaban J connectivity index is 0.000000689. The number of esters is 4. The number of carbonyl (C=O) groups excluding carboxylic acids is 8. The largest absolute Gasteiger partial charge is 0.462 e. The molecule has 20 nitrogen and oxygen atoms in total. The zero-order chi connectivity index (χ0) is 51.3. The molecule has 4 atom stereocenters. The third-order valence-corrected chi connectivity index (χ3v) is 14.2. The van der Waals surface area contributed by atoms with Crippen molar-refractivity contribution in [3.05, 3.63) is 55.8 Å². The summed E-state index contributed by atoms with van der Waals surface area (Å²) in [6.07, 6.45) is -2.26. The smallest absolute Gasteiger partial charge is 0.303 e. The number of rotatable bonds is 18. The van der Waals surface area contributed by atoms with Gasteiger partial charge in [-0.15, -0.1) is 0 Å². The molecule has 28 heteroatoms. The molecular weight excluding hydrogens is 1760 g/mol. The SMILES string of the molecule is CC(=O)OCC(CNC(=O)c1c(I)[c-]c(I)c(C(=O)NCC(COC(C)=O)OC(C)=O)c1I)OC(C)=O.CC1(C)OCC(CNC(=O)c2c(I)[c-]c(I)c(C(=O)NCC3COC(C)(C)O3)c2I)O1.[Y].[Y]. The van der Waals surface area contributed by atoms with E-state index in [9.17, 15) is 38.4 Å². The normalized spacial score (nSPS) is 17.1. The fraction of sp³-hybridized carbons (Fsp3) is 0.524. The van der Waals surface area contributed by atoms with E-state index in [1.54, 1.807) is 0 Å². The molecule has 4 unspecified atom stereocenters. The first-order valence-electron chi connectivity index (χ1n) is 20.2. The minimum atomic E-state index is -0.910. The van der Waals surface area contributed by atoms with Gasteiger partial charge in [-0.2, -0.15) is 12.1 Å². The number of nitrogens with one attached hydrogen (secondary N) is 4. The van der Waals surface area contributed by atoms with Crippen LogP contribution < -0.4 is 21.3 Å². The molecule has 4 N–H and O–H groups in total. The molecule has 2 saturated heterocycles. The zero-order valence-corrected chi connectivity index (χ0v) is 57.5. The van der Waals surface area contributed by atoms with Crippen LogP contribution >= 0.6 is 136 Å². The Kier molecular flexibility index (Phi) is 31.8. The summed E-state index contributed by atoms with van der Waals surface area (Å²) in [5.41, 5.74) is 1.17. The van der Waals surface area contributed by atoms with Gasteiger partial charge in [-0.1, -0.05) is 157 Å². The second-order valence-electron chi connectivity index (χ2n) is 15.4. The maximum atomic E-state index is 13.0. The van der Waals surface area contributed by atoms with Gasteiger partial charge in [0.15, 0.2) is 47.4 Å². The standard InChI is InChI=1S/C22H24I3N2O10.C20H24I3N2O6.2Y/c1-10(28)34-8-14(36-12(3)30)6-26-21(32)18-16(23)5-17(24)19(20(18)25)22(33)27-7-15(37-13(4)31)9-35-11(2)29;1-19(2)28-8-10(30-19)6-24-17(26)14-12(21)5-13(22)15(16(14)23)18(27)25-7-11-9-29-20(3,4)31-11;;/h14-15H,6-9H2,1-4H3,(H,26,32)(H,27,33);10-11H,6-9H2,1-4H3,(H,24,26)(H,25,27);;/q2*-1;;. The molecule has 0 bridgehead atoms. The van der Waals surface area contributed by atoms with Gasteiger partial charge in [-0.3, -0.25) is 38.4 Å². The van der Waals surface area contributed by atoms with E-state index in [-0.39, 0.29) is 127 Å². The first-order valence-corrected chi connectivity index (χ1v) is 26.7. The van der Waals surface area contributed by atoms with Gasteiger partial charge >= 0.3 is 23.9 Å². The second-order valence-corrected chi connectivity index (χ2v) is 21.9. The molecule has 2 aromatic carbocycles. The summed E-state index contributed by atoms with van der Waals surface area (Å²) in [7, 11) is 0. The summed E-state index contributed by atoms with van der Waals surface area (Å²) in [5, 5.41) is 11.0. The number of benzene rings is 2. The van der Waals surface area contributed by atoms with Gasteiger partial charge in [0.05, 0.1) is 26.3 Å². The molecule has 2 radical (unpaired) electrons. The third-order valence-electron chi connectivity index (χ3n) is 8.81. The van der Waals surface area contributed by atoms with E-state index in [4.69, 9.17) is 37.9 Å². The monoisotopic (exact) mass is 1800 g/mol. The van der Waals surface area contributed by atoms with E-state index in [1.807, 2.05) is 118 Å². The van der Waals surface area contributed by atoms with E-state index < -0.39 is 59.5 Å². The minimum absolute atomic E-state index is 0. The van der Waals surface area contributed by atoms with E-state index in [2.05, 4.69) is 78.6 Å². The maximum absolute atomic E-state index is 13.0. The molecule has 4 rings (SSSR count). The molecule has 2 heterocycles. The van der Waals surface area contributed by atoms with Gasteiger partial charge in [-0.25, -0.2) is 0 Å². The Morgan fingerprint density at radius 2 is 0.814 bits per heavy atom. The van der Waals surface area contributed by atoms with Crippen LogP contribution in [0.25, 0.3) is 0 Å². The van der Waals surface area contributed by atoms with Crippen LogP contribution in [0, 0.1) is 33.6 Å². The van der Waals surface area contributed by atoms with Crippen molar-refractivity contribution < 1.29 is 142 Å². The Labute approximate surface area is 537 Å². The summed E-state index contributed by atoms with van der Waals surface area (Å²) in [4.78, 5) is 96.7. The van der Waals surface area contributed by atoms with Gasteiger partial charge in [0.25, 0.3) is 0 Å². The first-order chi connectivity index (χ1) is 31.6. The number of hydrogen-bond donors (Lipinski definition) is 4. The maximum Gasteiger partial charge on any atom is 0.303 e. The van der Waals surface area contributed by atoms with Gasteiger partial charge < -0.3 is 59.2 Å². The summed E-state index contributed by atoms with van der Waals surface area (Å²) >= 11 is 11.9. The van der Waals surface area contributed by atoms with Crippen molar-refractivity contribution in [2.24, 2.45) is 0 Å². The van der Waals surface area contributed by atoms with Crippen LogP contribution in [0.2, 0.25) is 0 Å². The van der Waals surface area contributed by atoms with Crippen molar-refractivity contribution in [2.45, 2.75) is 91.4 Å². The Morgan fingerprint density at radius 3 is 1.06 bits per heavy atom.